The minimum absolute atomic E-state index is 0.0198. The maximum absolute atomic E-state index is 13.2. The molecule has 2 aliphatic heterocycles. The summed E-state index contributed by atoms with van der Waals surface area (Å²) in [6, 6.07) is 11.9. The Bertz CT molecular complexity index is 1030. The summed E-state index contributed by atoms with van der Waals surface area (Å²) < 4.78 is 18.6. The van der Waals surface area contributed by atoms with Crippen molar-refractivity contribution in [3.63, 3.8) is 0 Å². The van der Waals surface area contributed by atoms with Gasteiger partial charge in [-0.3, -0.25) is 9.69 Å². The molecule has 2 aromatic heterocycles. The van der Waals surface area contributed by atoms with Gasteiger partial charge in [-0.25, -0.2) is 9.37 Å². The van der Waals surface area contributed by atoms with E-state index < -0.39 is 0 Å². The molecule has 0 bridgehead atoms. The molecule has 9 heteroatoms. The predicted octanol–water partition coefficient (Wildman–Crippen LogP) is 2.45. The molecule has 5 rings (SSSR count). The molecular formula is C22H23FN6O2. The summed E-state index contributed by atoms with van der Waals surface area (Å²) in [5, 5.41) is 4.13. The monoisotopic (exact) mass is 422 g/mol. The highest BCUT2D eigenvalue weighted by atomic mass is 19.1. The molecule has 0 spiro atoms. The molecule has 1 aromatic carbocycles. The molecule has 4 heterocycles. The van der Waals surface area contributed by atoms with Crippen molar-refractivity contribution in [1.82, 2.24) is 20.0 Å². The van der Waals surface area contributed by atoms with Gasteiger partial charge in [0.15, 0.2) is 5.82 Å². The van der Waals surface area contributed by atoms with Gasteiger partial charge in [0, 0.05) is 56.9 Å². The summed E-state index contributed by atoms with van der Waals surface area (Å²) in [6.45, 7) is 4.60. The molecule has 1 amide bonds. The van der Waals surface area contributed by atoms with E-state index in [0.29, 0.717) is 36.9 Å². The van der Waals surface area contributed by atoms with Gasteiger partial charge in [-0.2, -0.15) is 4.98 Å². The van der Waals surface area contributed by atoms with E-state index in [1.54, 1.807) is 17.0 Å². The van der Waals surface area contributed by atoms with E-state index >= 15 is 0 Å². The molecule has 0 radical (unpaired) electrons. The molecular weight excluding hydrogens is 399 g/mol. The van der Waals surface area contributed by atoms with Gasteiger partial charge in [-0.15, -0.1) is 0 Å². The van der Waals surface area contributed by atoms with Crippen LogP contribution in [0.4, 0.5) is 15.9 Å². The number of nitrogens with zero attached hydrogens (tertiary/aromatic N) is 6. The van der Waals surface area contributed by atoms with E-state index in [9.17, 15) is 9.18 Å². The highest BCUT2D eigenvalue weighted by Crippen LogP contribution is 2.30. The number of hydrogen-bond acceptors (Lipinski definition) is 7. The van der Waals surface area contributed by atoms with Crippen LogP contribution in [0.3, 0.4) is 0 Å². The maximum Gasteiger partial charge on any atom is 0.240 e. The largest absolute Gasteiger partial charge is 0.354 e. The van der Waals surface area contributed by atoms with Crippen LogP contribution in [-0.2, 0) is 11.3 Å². The first-order valence-corrected chi connectivity index (χ1v) is 10.4. The zero-order valence-corrected chi connectivity index (χ0v) is 17.0. The van der Waals surface area contributed by atoms with Gasteiger partial charge in [-0.1, -0.05) is 11.2 Å². The van der Waals surface area contributed by atoms with Crippen molar-refractivity contribution in [1.29, 1.82) is 0 Å². The van der Waals surface area contributed by atoms with Gasteiger partial charge in [0.1, 0.15) is 11.6 Å². The molecule has 8 nitrogen and oxygen atoms in total. The number of halogens is 1. The van der Waals surface area contributed by atoms with Crippen LogP contribution in [0.5, 0.6) is 0 Å². The van der Waals surface area contributed by atoms with E-state index in [1.807, 2.05) is 24.4 Å². The second-order valence-corrected chi connectivity index (χ2v) is 7.88. The fourth-order valence-electron chi connectivity index (χ4n) is 4.12. The number of carbonyl (C=O) groups is 1. The number of carbonyl (C=O) groups excluding carboxylic acids is 1. The van der Waals surface area contributed by atoms with Gasteiger partial charge >= 0.3 is 0 Å². The topological polar surface area (TPSA) is 78.6 Å². The number of benzene rings is 1. The van der Waals surface area contributed by atoms with E-state index in [2.05, 4.69) is 24.9 Å². The fourth-order valence-corrected chi connectivity index (χ4v) is 4.12. The first kappa shape index (κ1) is 19.6. The van der Waals surface area contributed by atoms with Crippen LogP contribution in [0, 0.1) is 5.82 Å². The predicted molar refractivity (Wildman–Crippen MR) is 112 cm³/mol. The summed E-state index contributed by atoms with van der Waals surface area (Å²) in [5.41, 5.74) is 0.684. The first-order valence-electron chi connectivity index (χ1n) is 10.4. The van der Waals surface area contributed by atoms with Crippen molar-refractivity contribution < 1.29 is 13.7 Å². The Morgan fingerprint density at radius 3 is 2.61 bits per heavy atom. The SMILES string of the molecule is O=C1C[C@H](c2noc(CN3CCN(c4ccccn4)CC3)n2)CN1c1ccc(F)cc1. The molecule has 0 saturated carbocycles. The van der Waals surface area contributed by atoms with Crippen molar-refractivity contribution in [3.8, 4) is 0 Å². The van der Waals surface area contributed by atoms with Crippen molar-refractivity contribution in [2.75, 3.05) is 42.5 Å². The Hall–Kier alpha value is -3.33. The van der Waals surface area contributed by atoms with E-state index in [4.69, 9.17) is 4.52 Å². The number of anilines is 2. The number of amides is 1. The Morgan fingerprint density at radius 2 is 1.87 bits per heavy atom. The minimum Gasteiger partial charge on any atom is -0.354 e. The second-order valence-electron chi connectivity index (χ2n) is 7.88. The second kappa shape index (κ2) is 8.43. The quantitative estimate of drug-likeness (QED) is 0.625. The van der Waals surface area contributed by atoms with Gasteiger partial charge < -0.3 is 14.3 Å². The lowest BCUT2D eigenvalue weighted by atomic mass is 10.1. The molecule has 0 unspecified atom stereocenters. The molecule has 31 heavy (non-hydrogen) atoms. The lowest BCUT2D eigenvalue weighted by Crippen LogP contribution is -2.46. The Labute approximate surface area is 179 Å². The van der Waals surface area contributed by atoms with Gasteiger partial charge in [0.25, 0.3) is 0 Å². The number of hydrogen-bond donors (Lipinski definition) is 0. The normalized spacial score (nSPS) is 19.9. The number of piperazine rings is 1. The highest BCUT2D eigenvalue weighted by Gasteiger charge is 2.34. The molecule has 160 valence electrons. The van der Waals surface area contributed by atoms with Crippen LogP contribution in [0.2, 0.25) is 0 Å². The lowest BCUT2D eigenvalue weighted by molar-refractivity contribution is -0.117. The standard InChI is InChI=1S/C22H23FN6O2/c23-17-4-6-18(7-5-17)29-14-16(13-21(29)30)22-25-20(31-26-22)15-27-9-11-28(12-10-27)19-3-1-2-8-24-19/h1-8,16H,9-15H2/t16-/m0/s1. The molecule has 1 atom stereocenters. The third-order valence-corrected chi connectivity index (χ3v) is 5.82. The maximum atomic E-state index is 13.2. The Morgan fingerprint density at radius 1 is 1.06 bits per heavy atom. The minimum atomic E-state index is -0.323. The molecule has 0 N–H and O–H groups in total. The van der Waals surface area contributed by atoms with Gasteiger partial charge in [0.05, 0.1) is 6.54 Å². The van der Waals surface area contributed by atoms with E-state index in [1.165, 1.54) is 12.1 Å². The average Bonchev–Trinajstić information content (AvgIpc) is 3.42. The first-order chi connectivity index (χ1) is 15.2. The Balaban J connectivity index is 1.17. The van der Waals surface area contributed by atoms with Crippen LogP contribution in [0.25, 0.3) is 0 Å². The number of rotatable bonds is 5. The summed E-state index contributed by atoms with van der Waals surface area (Å²) in [6.07, 6.45) is 2.13. The van der Waals surface area contributed by atoms with E-state index in [0.717, 1.165) is 32.0 Å². The molecule has 3 aromatic rings. The summed E-state index contributed by atoms with van der Waals surface area (Å²) in [4.78, 5) is 27.6. The van der Waals surface area contributed by atoms with Crippen molar-refractivity contribution in [2.24, 2.45) is 0 Å². The van der Waals surface area contributed by atoms with Gasteiger partial charge in [-0.05, 0) is 36.4 Å². The zero-order valence-electron chi connectivity index (χ0n) is 17.0. The third kappa shape index (κ3) is 4.27. The molecule has 2 fully saturated rings. The highest BCUT2D eigenvalue weighted by molar-refractivity contribution is 5.96. The van der Waals surface area contributed by atoms with Crippen molar-refractivity contribution >= 4 is 17.4 Å². The van der Waals surface area contributed by atoms with Crippen molar-refractivity contribution in [2.45, 2.75) is 18.9 Å². The zero-order chi connectivity index (χ0) is 21.2. The van der Waals surface area contributed by atoms with Crippen molar-refractivity contribution in [3.05, 3.63) is 66.2 Å². The van der Waals surface area contributed by atoms with Gasteiger partial charge in [0.2, 0.25) is 11.8 Å². The van der Waals surface area contributed by atoms with Crippen LogP contribution < -0.4 is 9.80 Å². The third-order valence-electron chi connectivity index (χ3n) is 5.82. The van der Waals surface area contributed by atoms with Crippen LogP contribution in [0.1, 0.15) is 24.1 Å². The molecule has 2 aliphatic rings. The Kier molecular flexibility index (Phi) is 5.33. The molecule has 0 aliphatic carbocycles. The summed E-state index contributed by atoms with van der Waals surface area (Å²) in [5.74, 6) is 1.65. The lowest BCUT2D eigenvalue weighted by Gasteiger charge is -2.34. The average molecular weight is 422 g/mol. The summed E-state index contributed by atoms with van der Waals surface area (Å²) >= 11 is 0. The van der Waals surface area contributed by atoms with Crippen LogP contribution >= 0.6 is 0 Å². The summed E-state index contributed by atoms with van der Waals surface area (Å²) in [7, 11) is 0. The smallest absolute Gasteiger partial charge is 0.240 e. The number of pyridine rings is 1. The fraction of sp³-hybridized carbons (Fsp3) is 0.364. The van der Waals surface area contributed by atoms with E-state index in [-0.39, 0.29) is 17.6 Å². The van der Waals surface area contributed by atoms with Crippen LogP contribution in [-0.4, -0.2) is 58.7 Å². The van der Waals surface area contributed by atoms with Crippen LogP contribution in [0.15, 0.2) is 53.2 Å². The number of aromatic nitrogens is 3. The molecule has 2 saturated heterocycles.